The molecule has 5 nitrogen and oxygen atoms in total. The smallest absolute Gasteiger partial charge is 0.319 e. The van der Waals surface area contributed by atoms with Gasteiger partial charge in [0.2, 0.25) is 0 Å². The molecule has 0 heterocycles. The highest BCUT2D eigenvalue weighted by molar-refractivity contribution is 6.32. The Bertz CT molecular complexity index is 742. The number of nitrogens with one attached hydrogen (secondary N) is 2. The van der Waals surface area contributed by atoms with Gasteiger partial charge in [0.15, 0.2) is 0 Å². The van der Waals surface area contributed by atoms with Gasteiger partial charge in [-0.1, -0.05) is 23.7 Å². The van der Waals surface area contributed by atoms with Gasteiger partial charge in [-0.25, -0.2) is 4.79 Å². The number of amides is 2. The first kappa shape index (κ1) is 16.5. The average molecular weight is 347 g/mol. The molecule has 0 atom stereocenters. The summed E-state index contributed by atoms with van der Waals surface area (Å²) in [5, 5.41) is 6.31. The number of ether oxygens (including phenoxy) is 2. The molecule has 1 aliphatic carbocycles. The van der Waals surface area contributed by atoms with Gasteiger partial charge in [0.1, 0.15) is 11.5 Å². The lowest BCUT2D eigenvalue weighted by Crippen LogP contribution is -2.38. The van der Waals surface area contributed by atoms with E-state index in [1.807, 2.05) is 24.3 Å². The summed E-state index contributed by atoms with van der Waals surface area (Å²) in [5.41, 5.74) is 1.39. The summed E-state index contributed by atoms with van der Waals surface area (Å²) in [7, 11) is 3.18. The van der Waals surface area contributed by atoms with E-state index in [2.05, 4.69) is 10.6 Å². The van der Waals surface area contributed by atoms with Crippen molar-refractivity contribution in [2.45, 2.75) is 18.4 Å². The highest BCUT2D eigenvalue weighted by atomic mass is 35.5. The van der Waals surface area contributed by atoms with Crippen LogP contribution in [0.25, 0.3) is 0 Å². The Morgan fingerprint density at radius 3 is 2.33 bits per heavy atom. The van der Waals surface area contributed by atoms with E-state index in [1.165, 1.54) is 0 Å². The summed E-state index contributed by atoms with van der Waals surface area (Å²) in [6, 6.07) is 12.6. The molecule has 0 aliphatic heterocycles. The van der Waals surface area contributed by atoms with Crippen LogP contribution in [0.15, 0.2) is 42.5 Å². The number of carbonyl (C=O) groups excluding carboxylic acids is 1. The molecule has 2 N–H and O–H groups in total. The molecule has 3 rings (SSSR count). The third-order valence-corrected chi connectivity index (χ3v) is 4.45. The van der Waals surface area contributed by atoms with E-state index in [0.29, 0.717) is 16.5 Å². The summed E-state index contributed by atoms with van der Waals surface area (Å²) in [6.45, 7) is 0. The third-order valence-electron chi connectivity index (χ3n) is 4.16. The molecule has 0 unspecified atom stereocenters. The van der Waals surface area contributed by atoms with E-state index in [1.54, 1.807) is 32.4 Å². The zero-order valence-electron chi connectivity index (χ0n) is 13.6. The first-order valence-electron chi connectivity index (χ1n) is 7.63. The summed E-state index contributed by atoms with van der Waals surface area (Å²) in [6.07, 6.45) is 1.83. The zero-order chi connectivity index (χ0) is 17.2. The van der Waals surface area contributed by atoms with Gasteiger partial charge >= 0.3 is 6.03 Å². The fraction of sp³-hybridized carbons (Fsp3) is 0.278. The number of rotatable bonds is 5. The van der Waals surface area contributed by atoms with Crippen LogP contribution in [0.5, 0.6) is 11.5 Å². The summed E-state index contributed by atoms with van der Waals surface area (Å²) < 4.78 is 10.3. The van der Waals surface area contributed by atoms with Gasteiger partial charge in [0.25, 0.3) is 0 Å². The van der Waals surface area contributed by atoms with Crippen molar-refractivity contribution in [1.29, 1.82) is 0 Å². The van der Waals surface area contributed by atoms with Gasteiger partial charge in [-0.2, -0.15) is 0 Å². The van der Waals surface area contributed by atoms with Crippen LogP contribution >= 0.6 is 11.6 Å². The second kappa shape index (κ2) is 6.61. The van der Waals surface area contributed by atoms with E-state index in [-0.39, 0.29) is 11.6 Å². The maximum atomic E-state index is 12.3. The second-order valence-corrected chi connectivity index (χ2v) is 6.15. The predicted molar refractivity (Wildman–Crippen MR) is 94.1 cm³/mol. The van der Waals surface area contributed by atoms with Crippen LogP contribution in [0.4, 0.5) is 10.5 Å². The van der Waals surface area contributed by atoms with Crippen molar-refractivity contribution in [3.05, 3.63) is 53.1 Å². The molecule has 2 aromatic rings. The van der Waals surface area contributed by atoms with Crippen LogP contribution in [0, 0.1) is 0 Å². The molecule has 1 fully saturated rings. The monoisotopic (exact) mass is 346 g/mol. The molecule has 126 valence electrons. The maximum Gasteiger partial charge on any atom is 0.319 e. The van der Waals surface area contributed by atoms with Crippen molar-refractivity contribution in [1.82, 2.24) is 5.32 Å². The minimum atomic E-state index is -0.299. The number of halogens is 1. The van der Waals surface area contributed by atoms with E-state index >= 15 is 0 Å². The van der Waals surface area contributed by atoms with Gasteiger partial charge in [-0.15, -0.1) is 0 Å². The van der Waals surface area contributed by atoms with E-state index < -0.39 is 0 Å². The molecule has 2 aromatic carbocycles. The van der Waals surface area contributed by atoms with Gasteiger partial charge in [0, 0.05) is 5.69 Å². The number of methoxy groups -OCH3 is 2. The summed E-state index contributed by atoms with van der Waals surface area (Å²) >= 11 is 6.07. The average Bonchev–Trinajstić information content (AvgIpc) is 3.35. The molecule has 2 amide bonds. The van der Waals surface area contributed by atoms with Gasteiger partial charge in [-0.05, 0) is 48.7 Å². The second-order valence-electron chi connectivity index (χ2n) is 5.74. The topological polar surface area (TPSA) is 59.6 Å². The fourth-order valence-corrected chi connectivity index (χ4v) is 2.90. The Kier molecular flexibility index (Phi) is 4.53. The van der Waals surface area contributed by atoms with Gasteiger partial charge in [-0.3, -0.25) is 0 Å². The van der Waals surface area contributed by atoms with Crippen molar-refractivity contribution in [3.8, 4) is 11.5 Å². The van der Waals surface area contributed by atoms with Gasteiger partial charge in [0.05, 0.1) is 24.8 Å². The Balaban J connectivity index is 1.66. The molecule has 0 radical (unpaired) electrons. The molecule has 0 bridgehead atoms. The normalized spacial score (nSPS) is 14.6. The first-order chi connectivity index (χ1) is 11.6. The van der Waals surface area contributed by atoms with Crippen LogP contribution in [-0.4, -0.2) is 20.3 Å². The van der Waals surface area contributed by atoms with Crippen LogP contribution in [0.3, 0.4) is 0 Å². The lowest BCUT2D eigenvalue weighted by atomic mass is 10.1. The van der Waals surface area contributed by atoms with Crippen molar-refractivity contribution >= 4 is 23.3 Å². The Hall–Kier alpha value is -2.40. The third kappa shape index (κ3) is 3.41. The lowest BCUT2D eigenvalue weighted by Gasteiger charge is -2.19. The standard InChI is InChI=1S/C18H19ClN2O3/c1-23-14-6-3-12(4-7-14)18(9-10-18)21-17(22)20-13-5-8-16(24-2)15(19)11-13/h3-8,11H,9-10H2,1-2H3,(H2,20,21,22). The maximum absolute atomic E-state index is 12.3. The number of hydrogen-bond donors (Lipinski definition) is 2. The molecular weight excluding hydrogens is 328 g/mol. The number of urea groups is 1. The highest BCUT2D eigenvalue weighted by Gasteiger charge is 2.45. The van der Waals surface area contributed by atoms with E-state index in [4.69, 9.17) is 21.1 Å². The molecule has 0 spiro atoms. The minimum Gasteiger partial charge on any atom is -0.497 e. The Morgan fingerprint density at radius 2 is 1.79 bits per heavy atom. The Labute approximate surface area is 145 Å². The molecule has 1 aliphatic rings. The molecule has 24 heavy (non-hydrogen) atoms. The van der Waals surface area contributed by atoms with E-state index in [9.17, 15) is 4.79 Å². The van der Waals surface area contributed by atoms with Crippen LogP contribution in [0.1, 0.15) is 18.4 Å². The van der Waals surface area contributed by atoms with E-state index in [0.717, 1.165) is 24.2 Å². The minimum absolute atomic E-state index is 0.260. The number of benzene rings is 2. The van der Waals surface area contributed by atoms with Crippen LogP contribution < -0.4 is 20.1 Å². The summed E-state index contributed by atoms with van der Waals surface area (Å²) in [4.78, 5) is 12.3. The summed E-state index contributed by atoms with van der Waals surface area (Å²) in [5.74, 6) is 1.37. The quantitative estimate of drug-likeness (QED) is 0.854. The molecular formula is C18H19ClN2O3. The number of carbonyl (C=O) groups is 1. The molecule has 0 saturated heterocycles. The molecule has 0 aromatic heterocycles. The fourth-order valence-electron chi connectivity index (χ4n) is 2.64. The van der Waals surface area contributed by atoms with Crippen LogP contribution in [0.2, 0.25) is 5.02 Å². The number of anilines is 1. The highest BCUT2D eigenvalue weighted by Crippen LogP contribution is 2.45. The SMILES string of the molecule is COc1ccc(C2(NC(=O)Nc3ccc(OC)c(Cl)c3)CC2)cc1. The molecule has 6 heteroatoms. The van der Waals surface area contributed by atoms with Crippen LogP contribution in [-0.2, 0) is 5.54 Å². The Morgan fingerprint density at radius 1 is 1.08 bits per heavy atom. The first-order valence-corrected chi connectivity index (χ1v) is 8.01. The van der Waals surface area contributed by atoms with Crippen molar-refractivity contribution in [3.63, 3.8) is 0 Å². The van der Waals surface area contributed by atoms with Gasteiger partial charge < -0.3 is 20.1 Å². The van der Waals surface area contributed by atoms with Crippen molar-refractivity contribution in [2.24, 2.45) is 0 Å². The zero-order valence-corrected chi connectivity index (χ0v) is 14.3. The lowest BCUT2D eigenvalue weighted by molar-refractivity contribution is 0.247. The largest absolute Gasteiger partial charge is 0.497 e. The van der Waals surface area contributed by atoms with Crippen molar-refractivity contribution in [2.75, 3.05) is 19.5 Å². The number of hydrogen-bond acceptors (Lipinski definition) is 3. The van der Waals surface area contributed by atoms with Crippen molar-refractivity contribution < 1.29 is 14.3 Å². The molecule has 1 saturated carbocycles. The predicted octanol–water partition coefficient (Wildman–Crippen LogP) is 4.17.